The first kappa shape index (κ1) is 39.9. The number of amides is 2. The number of carbonyl (C=O) groups is 2. The summed E-state index contributed by atoms with van der Waals surface area (Å²) in [6.07, 6.45) is 4.79. The lowest BCUT2D eigenvalue weighted by Gasteiger charge is -2.42. The van der Waals surface area contributed by atoms with Crippen LogP contribution in [0.2, 0.25) is 0 Å². The third kappa shape index (κ3) is 8.26. The van der Waals surface area contributed by atoms with Crippen LogP contribution in [0, 0.1) is 29.9 Å². The van der Waals surface area contributed by atoms with E-state index in [9.17, 15) is 14.9 Å². The van der Waals surface area contributed by atoms with Crippen molar-refractivity contribution in [3.05, 3.63) is 41.1 Å². The number of hydrogen-bond acceptors (Lipinski definition) is 11. The zero-order valence-electron chi connectivity index (χ0n) is 32.9. The summed E-state index contributed by atoms with van der Waals surface area (Å²) >= 11 is 0.856. The molecule has 0 radical (unpaired) electrons. The van der Waals surface area contributed by atoms with Crippen LogP contribution in [0.5, 0.6) is 5.88 Å². The van der Waals surface area contributed by atoms with Crippen LogP contribution in [0.15, 0.2) is 18.3 Å². The molecular formula is C40H49F2N7O5S. The number of thiophene rings is 1. The van der Waals surface area contributed by atoms with Gasteiger partial charge in [-0.15, -0.1) is 11.3 Å². The highest BCUT2D eigenvalue weighted by atomic mass is 32.1. The third-order valence-electron chi connectivity index (χ3n) is 9.84. The van der Waals surface area contributed by atoms with Crippen LogP contribution in [0.4, 0.5) is 29.2 Å². The normalized spacial score (nSPS) is 18.6. The van der Waals surface area contributed by atoms with E-state index in [4.69, 9.17) is 19.2 Å². The quantitative estimate of drug-likeness (QED) is 0.215. The number of fused-ring (bicyclic) bond motifs is 4. The lowest BCUT2D eigenvalue weighted by Crippen LogP contribution is -2.57. The molecule has 3 saturated heterocycles. The molecule has 2 bridgehead atoms. The molecule has 294 valence electrons. The van der Waals surface area contributed by atoms with Crippen LogP contribution in [-0.2, 0) is 9.47 Å². The summed E-state index contributed by atoms with van der Waals surface area (Å²) < 4.78 is 48.8. The molecular weight excluding hydrogens is 729 g/mol. The molecule has 15 heteroatoms. The maximum Gasteiger partial charge on any atom is 0.412 e. The van der Waals surface area contributed by atoms with E-state index in [1.54, 1.807) is 27.7 Å². The molecule has 12 nitrogen and oxygen atoms in total. The number of carbonyl (C=O) groups excluding carboxylic acids is 2. The monoisotopic (exact) mass is 777 g/mol. The van der Waals surface area contributed by atoms with Gasteiger partial charge in [-0.2, -0.15) is 10.2 Å². The molecule has 4 aromatic rings. The molecule has 3 aliphatic heterocycles. The van der Waals surface area contributed by atoms with Crippen LogP contribution >= 0.6 is 11.3 Å². The lowest BCUT2D eigenvalue weighted by molar-refractivity contribution is 0.0122. The zero-order chi connectivity index (χ0) is 40.0. The maximum atomic E-state index is 16.9. The number of aryl methyl sites for hydroxylation is 1. The number of pyridine rings is 2. The Morgan fingerprint density at radius 1 is 1.00 bits per heavy atom. The predicted octanol–water partition coefficient (Wildman–Crippen LogP) is 8.63. The van der Waals surface area contributed by atoms with Gasteiger partial charge in [0.1, 0.15) is 39.6 Å². The van der Waals surface area contributed by atoms with Crippen molar-refractivity contribution >= 4 is 55.2 Å². The van der Waals surface area contributed by atoms with Gasteiger partial charge in [-0.25, -0.2) is 18.4 Å². The Balaban J connectivity index is 0.000000782. The maximum absolute atomic E-state index is 16.9. The first-order valence-corrected chi connectivity index (χ1v) is 19.4. The standard InChI is InChI=1S/C35H38F2N6O5S.C5H11N/c1-17-24-22(29(40-30(17)46-8)42-15-18-9-10-19(16-42)43(18)33(45)48-35(5,6)7)14-39-27(26(24)37)20-11-12-23(36)28-25(20)21(13-38)31(49-28)41-32(44)47-34(2,3)4;1-6-4-2-3-5-6/h11-12,14,18-19H,9-10,15-16H2,1-8H3,(H,41,44);2-5H2,1H3. The first-order valence-electron chi connectivity index (χ1n) is 18.5. The lowest BCUT2D eigenvalue weighted by atomic mass is 9.99. The van der Waals surface area contributed by atoms with Crippen LogP contribution in [0.25, 0.3) is 32.1 Å². The highest BCUT2D eigenvalue weighted by Crippen LogP contribution is 2.45. The number of ether oxygens (including phenoxy) is 3. The van der Waals surface area contributed by atoms with Crippen molar-refractivity contribution in [1.29, 1.82) is 5.26 Å². The second kappa shape index (κ2) is 15.4. The molecule has 55 heavy (non-hydrogen) atoms. The fourth-order valence-electron chi connectivity index (χ4n) is 7.52. The second-order valence-electron chi connectivity index (χ2n) is 16.3. The molecule has 2 unspecified atom stereocenters. The van der Waals surface area contributed by atoms with Gasteiger partial charge in [0, 0.05) is 46.6 Å². The Hall–Kier alpha value is -4.81. The molecule has 3 fully saturated rings. The van der Waals surface area contributed by atoms with E-state index in [0.29, 0.717) is 29.9 Å². The van der Waals surface area contributed by atoms with E-state index < -0.39 is 28.9 Å². The second-order valence-corrected chi connectivity index (χ2v) is 17.3. The molecule has 0 saturated carbocycles. The van der Waals surface area contributed by atoms with Gasteiger partial charge in [0.15, 0.2) is 5.82 Å². The Bertz CT molecular complexity index is 2150. The highest BCUT2D eigenvalue weighted by molar-refractivity contribution is 7.23. The fraction of sp³-hybridized carbons (Fsp3) is 0.525. The smallest absolute Gasteiger partial charge is 0.412 e. The minimum atomic E-state index is -0.810. The van der Waals surface area contributed by atoms with Gasteiger partial charge in [-0.1, -0.05) is 0 Å². The van der Waals surface area contributed by atoms with Crippen molar-refractivity contribution in [2.45, 2.75) is 97.4 Å². The van der Waals surface area contributed by atoms with Crippen molar-refractivity contribution in [2.75, 3.05) is 50.6 Å². The van der Waals surface area contributed by atoms with E-state index in [1.165, 1.54) is 51.4 Å². The molecule has 3 aliphatic rings. The van der Waals surface area contributed by atoms with Crippen LogP contribution < -0.4 is 15.0 Å². The van der Waals surface area contributed by atoms with Gasteiger partial charge in [-0.3, -0.25) is 15.2 Å². The van der Waals surface area contributed by atoms with Crippen LogP contribution in [0.1, 0.15) is 78.4 Å². The van der Waals surface area contributed by atoms with E-state index in [2.05, 4.69) is 28.3 Å². The number of likely N-dealkylation sites (tertiary alicyclic amines) is 1. The summed E-state index contributed by atoms with van der Waals surface area (Å²) in [7, 11) is 3.63. The van der Waals surface area contributed by atoms with Crippen LogP contribution in [-0.4, -0.2) is 95.6 Å². The number of nitriles is 1. The third-order valence-corrected chi connectivity index (χ3v) is 11.0. The van der Waals surface area contributed by atoms with Gasteiger partial charge >= 0.3 is 12.2 Å². The van der Waals surface area contributed by atoms with Crippen molar-refractivity contribution in [3.8, 4) is 23.2 Å². The van der Waals surface area contributed by atoms with Gasteiger partial charge in [0.05, 0.1) is 29.5 Å². The largest absolute Gasteiger partial charge is 0.481 e. The summed E-state index contributed by atoms with van der Waals surface area (Å²) in [4.78, 5) is 41.2. The van der Waals surface area contributed by atoms with Gasteiger partial charge < -0.3 is 24.0 Å². The Labute approximate surface area is 324 Å². The van der Waals surface area contributed by atoms with E-state index >= 15 is 8.78 Å². The highest BCUT2D eigenvalue weighted by Gasteiger charge is 2.45. The minimum Gasteiger partial charge on any atom is -0.481 e. The number of piperazine rings is 1. The van der Waals surface area contributed by atoms with Crippen LogP contribution in [0.3, 0.4) is 0 Å². The molecule has 6 heterocycles. The Morgan fingerprint density at radius 3 is 2.18 bits per heavy atom. The molecule has 7 rings (SSSR count). The van der Waals surface area contributed by atoms with Gasteiger partial charge in [0.2, 0.25) is 5.88 Å². The van der Waals surface area contributed by atoms with E-state index in [0.717, 1.165) is 24.2 Å². The van der Waals surface area contributed by atoms with Crippen molar-refractivity contribution in [1.82, 2.24) is 19.8 Å². The number of nitrogens with one attached hydrogen (secondary N) is 1. The van der Waals surface area contributed by atoms with Crippen molar-refractivity contribution < 1.29 is 32.6 Å². The SMILES string of the molecule is CN1CCCC1.COc1nc(N2CC3CCC(C2)N3C(=O)OC(C)(C)C)c2cnc(-c3ccc(F)c4sc(NC(=O)OC(C)(C)C)c(C#N)c34)c(F)c2c1C. The summed E-state index contributed by atoms with van der Waals surface area (Å²) in [5.41, 5.74) is -0.951. The summed E-state index contributed by atoms with van der Waals surface area (Å²) in [5, 5.41) is 13.6. The van der Waals surface area contributed by atoms with Gasteiger partial charge in [0.25, 0.3) is 0 Å². The predicted molar refractivity (Wildman–Crippen MR) is 210 cm³/mol. The number of methoxy groups -OCH3 is 1. The average molecular weight is 778 g/mol. The topological polar surface area (TPSA) is 133 Å². The number of nitrogens with zero attached hydrogens (tertiary/aromatic N) is 6. The number of rotatable bonds is 4. The molecule has 2 amide bonds. The van der Waals surface area contributed by atoms with E-state index in [1.807, 2.05) is 30.6 Å². The summed E-state index contributed by atoms with van der Waals surface area (Å²) in [6.45, 7) is 15.9. The Morgan fingerprint density at radius 2 is 1.64 bits per heavy atom. The van der Waals surface area contributed by atoms with Gasteiger partial charge in [-0.05, 0) is 106 Å². The zero-order valence-corrected chi connectivity index (χ0v) is 33.7. The molecule has 1 aromatic carbocycles. The first-order chi connectivity index (χ1) is 25.9. The average Bonchev–Trinajstić information content (AvgIpc) is 3.79. The molecule has 0 aliphatic carbocycles. The summed E-state index contributed by atoms with van der Waals surface area (Å²) in [6, 6.07) is 4.38. The number of aromatic nitrogens is 2. The number of halogens is 2. The fourth-order valence-corrected chi connectivity index (χ4v) is 8.59. The molecule has 2 atom stereocenters. The van der Waals surface area contributed by atoms with Crippen molar-refractivity contribution in [3.63, 3.8) is 0 Å². The molecule has 0 spiro atoms. The molecule has 1 N–H and O–H groups in total. The number of anilines is 2. The Kier molecular flexibility index (Phi) is 11.1. The van der Waals surface area contributed by atoms with Crippen molar-refractivity contribution in [2.24, 2.45) is 0 Å². The minimum absolute atomic E-state index is 0.0373. The number of hydrogen-bond donors (Lipinski definition) is 1. The molecule has 3 aromatic heterocycles. The van der Waals surface area contributed by atoms with E-state index in [-0.39, 0.29) is 61.4 Å². The number of benzene rings is 1. The summed E-state index contributed by atoms with van der Waals surface area (Å²) in [5.74, 6) is -0.639.